The zero-order valence-electron chi connectivity index (χ0n) is 38.8. The predicted octanol–water partition coefficient (Wildman–Crippen LogP) is 18.9. The fraction of sp³-hybridized carbons (Fsp3) is 0.0294. The van der Waals surface area contributed by atoms with E-state index in [1.54, 1.807) is 0 Å². The van der Waals surface area contributed by atoms with Crippen molar-refractivity contribution in [3.8, 4) is 33.6 Å². The first-order chi connectivity index (χ1) is 35.8. The Morgan fingerprint density at radius 3 is 1.15 bits per heavy atom. The van der Waals surface area contributed by atoms with E-state index in [1.165, 1.54) is 151 Å². The molecule has 4 heteroatoms. The van der Waals surface area contributed by atoms with Crippen LogP contribution in [0.5, 0.6) is 0 Å². The fourth-order valence-electron chi connectivity index (χ4n) is 13.6. The average Bonchev–Trinajstić information content (AvgIpc) is 4.21. The van der Waals surface area contributed by atoms with Crippen molar-refractivity contribution in [2.24, 2.45) is 0 Å². The number of hydrogen-bond acceptors (Lipinski definition) is 2. The quantitative estimate of drug-likeness (QED) is 0.166. The number of nitrogens with zero attached hydrogens (tertiary/aromatic N) is 2. The van der Waals surface area contributed by atoms with Crippen LogP contribution >= 0.6 is 22.7 Å². The van der Waals surface area contributed by atoms with Crippen LogP contribution in [-0.4, -0.2) is 9.13 Å². The average molecular weight is 949 g/mol. The third-order valence-corrected chi connectivity index (χ3v) is 18.6. The summed E-state index contributed by atoms with van der Waals surface area (Å²) in [7, 11) is 0. The molecule has 0 N–H and O–H groups in total. The number of benzene rings is 11. The Hall–Kier alpha value is -8.54. The molecule has 3 aliphatic rings. The van der Waals surface area contributed by atoms with Crippen molar-refractivity contribution in [2.75, 3.05) is 0 Å². The van der Waals surface area contributed by atoms with Crippen molar-refractivity contribution in [1.82, 2.24) is 9.13 Å². The minimum atomic E-state index is 0.0180. The number of hydrogen-bond donors (Lipinski definition) is 0. The minimum Gasteiger partial charge on any atom is -0.309 e. The molecule has 0 radical (unpaired) electrons. The minimum absolute atomic E-state index is 0.0180. The van der Waals surface area contributed by atoms with Gasteiger partial charge in [-0.05, 0) is 105 Å². The lowest BCUT2D eigenvalue weighted by Crippen LogP contribution is -2.28. The summed E-state index contributed by atoms with van der Waals surface area (Å²) in [6.07, 6.45) is 0. The van der Waals surface area contributed by atoms with Crippen molar-refractivity contribution in [3.63, 3.8) is 0 Å². The van der Waals surface area contributed by atoms with Crippen LogP contribution in [0.3, 0.4) is 0 Å². The van der Waals surface area contributed by atoms with Gasteiger partial charge in [0, 0.05) is 84.9 Å². The molecule has 11 aromatic carbocycles. The molecule has 15 aromatic rings. The van der Waals surface area contributed by atoms with Gasteiger partial charge < -0.3 is 9.13 Å². The Kier molecular flexibility index (Phi) is 7.91. The van der Waals surface area contributed by atoms with Gasteiger partial charge in [0.05, 0.1) is 33.4 Å². The Bertz CT molecular complexity index is 4560. The predicted molar refractivity (Wildman–Crippen MR) is 307 cm³/mol. The molecule has 3 aliphatic carbocycles. The van der Waals surface area contributed by atoms with Crippen LogP contribution in [0, 0.1) is 0 Å². The van der Waals surface area contributed by atoms with Crippen molar-refractivity contribution in [1.29, 1.82) is 0 Å². The summed E-state index contributed by atoms with van der Waals surface area (Å²) in [6, 6.07) is 87.1. The number of para-hydroxylation sites is 4. The lowest BCUT2D eigenvalue weighted by molar-refractivity contribution is 0.768. The van der Waals surface area contributed by atoms with Crippen molar-refractivity contribution >= 4 is 107 Å². The lowest BCUT2D eigenvalue weighted by Gasteiger charge is -2.43. The molecule has 4 heterocycles. The maximum Gasteiger partial charge on any atom is 0.0544 e. The highest BCUT2D eigenvalue weighted by Crippen LogP contribution is 2.61. The first kappa shape index (κ1) is 39.2. The lowest BCUT2D eigenvalue weighted by atomic mass is 9.59. The number of rotatable bonds is 4. The van der Waals surface area contributed by atoms with Crippen LogP contribution in [0.4, 0.5) is 0 Å². The van der Waals surface area contributed by atoms with E-state index >= 15 is 0 Å². The first-order valence-electron chi connectivity index (χ1n) is 25.0. The summed E-state index contributed by atoms with van der Waals surface area (Å²) in [5.41, 5.74) is 20.9. The topological polar surface area (TPSA) is 9.86 Å². The van der Waals surface area contributed by atoms with Gasteiger partial charge in [0.25, 0.3) is 0 Å². The maximum atomic E-state index is 2.57. The van der Waals surface area contributed by atoms with E-state index in [4.69, 9.17) is 0 Å². The highest BCUT2D eigenvalue weighted by Gasteiger charge is 2.44. The van der Waals surface area contributed by atoms with Crippen LogP contribution in [0.2, 0.25) is 0 Å². The molecule has 18 rings (SSSR count). The largest absolute Gasteiger partial charge is 0.309 e. The summed E-state index contributed by atoms with van der Waals surface area (Å²) >= 11 is 3.77. The molecular weight excluding hydrogens is 909 g/mol. The molecule has 0 saturated heterocycles. The summed E-state index contributed by atoms with van der Waals surface area (Å²) in [6.45, 7) is 0. The normalized spacial score (nSPS) is 14.9. The molecule has 4 aromatic heterocycles. The Morgan fingerprint density at radius 2 is 0.639 bits per heavy atom. The highest BCUT2D eigenvalue weighted by atomic mass is 32.1. The summed E-state index contributed by atoms with van der Waals surface area (Å²) < 4.78 is 10.4. The van der Waals surface area contributed by atoms with E-state index in [2.05, 4.69) is 240 Å². The maximum absolute atomic E-state index is 2.57. The number of fused-ring (bicyclic) bond motifs is 12. The van der Waals surface area contributed by atoms with E-state index in [-0.39, 0.29) is 11.8 Å². The molecule has 0 fully saturated rings. The fourth-order valence-corrected chi connectivity index (χ4v) is 15.9. The smallest absolute Gasteiger partial charge is 0.0544 e. The number of aromatic nitrogens is 2. The van der Waals surface area contributed by atoms with Crippen molar-refractivity contribution < 1.29 is 0 Å². The summed E-state index contributed by atoms with van der Waals surface area (Å²) in [4.78, 5) is 0. The van der Waals surface area contributed by atoms with Crippen LogP contribution in [0.25, 0.3) is 118 Å². The SMILES string of the molecule is c1ccc(-n2c3ccccc3c3c4c(ccc32)C2c3ccccc3C4c3c2ccc2c3c3ccccc3n2-c2ccccc2-c2cccc3sc4ccccc4c23)c(-c2cccc3sc4ccccc4c23)c1. The van der Waals surface area contributed by atoms with Gasteiger partial charge >= 0.3 is 0 Å². The zero-order chi connectivity index (χ0) is 46.8. The molecule has 0 spiro atoms. The first-order valence-corrected chi connectivity index (χ1v) is 26.6. The highest BCUT2D eigenvalue weighted by molar-refractivity contribution is 7.26. The van der Waals surface area contributed by atoms with E-state index < -0.39 is 0 Å². The van der Waals surface area contributed by atoms with Gasteiger partial charge in [0.2, 0.25) is 0 Å². The van der Waals surface area contributed by atoms with E-state index in [0.717, 1.165) is 0 Å². The third-order valence-electron chi connectivity index (χ3n) is 16.3. The standard InChI is InChI=1S/C68H40N2S2/c1-2-20-44-43(19-1)61-49-35-37-55-64(45-21-5-11-29-53(45)69(55)51-27-9-3-17-39(51)41-25-15-33-59-62(41)47-23-7-13-31-57(47)71-59)67(49)66(44)68-50(61)36-38-56-65(68)46-22-6-12-30-54(46)70(56)52-28-10-4-18-40(52)42-26-16-34-60-63(42)48-24-8-14-32-58(48)72-60/h1-38,61,66H. The van der Waals surface area contributed by atoms with Crippen LogP contribution in [0.1, 0.15) is 45.2 Å². The van der Waals surface area contributed by atoms with E-state index in [1.807, 2.05) is 22.7 Å². The molecule has 0 atom stereocenters. The van der Waals surface area contributed by atoms with E-state index in [0.29, 0.717) is 0 Å². The molecule has 0 aliphatic heterocycles. The molecule has 0 saturated carbocycles. The Labute approximate surface area is 422 Å². The third kappa shape index (κ3) is 5.07. The second-order valence-electron chi connectivity index (χ2n) is 19.7. The second-order valence-corrected chi connectivity index (χ2v) is 21.9. The van der Waals surface area contributed by atoms with Gasteiger partial charge in [-0.3, -0.25) is 0 Å². The number of thiophene rings is 2. The molecule has 334 valence electrons. The molecular formula is C68H40N2S2. The Balaban J connectivity index is 0.942. The van der Waals surface area contributed by atoms with Crippen LogP contribution < -0.4 is 0 Å². The summed E-state index contributed by atoms with van der Waals surface area (Å²) in [5.74, 6) is 0.118. The van der Waals surface area contributed by atoms with E-state index in [9.17, 15) is 0 Å². The van der Waals surface area contributed by atoms with Crippen molar-refractivity contribution in [3.05, 3.63) is 264 Å². The zero-order valence-corrected chi connectivity index (χ0v) is 40.4. The van der Waals surface area contributed by atoms with Gasteiger partial charge in [0.1, 0.15) is 0 Å². The molecule has 2 nitrogen and oxygen atoms in total. The van der Waals surface area contributed by atoms with Gasteiger partial charge in [-0.15, -0.1) is 22.7 Å². The van der Waals surface area contributed by atoms with Crippen molar-refractivity contribution in [2.45, 2.75) is 11.8 Å². The van der Waals surface area contributed by atoms with Gasteiger partial charge in [-0.25, -0.2) is 0 Å². The second kappa shape index (κ2) is 14.5. The monoisotopic (exact) mass is 948 g/mol. The van der Waals surface area contributed by atoms with Gasteiger partial charge in [-0.1, -0.05) is 170 Å². The van der Waals surface area contributed by atoms with Crippen LogP contribution in [-0.2, 0) is 0 Å². The molecule has 72 heavy (non-hydrogen) atoms. The van der Waals surface area contributed by atoms with Crippen LogP contribution in [0.15, 0.2) is 231 Å². The molecule has 0 amide bonds. The summed E-state index contributed by atoms with van der Waals surface area (Å²) in [5, 5.41) is 10.6. The van der Waals surface area contributed by atoms with Gasteiger partial charge in [0.15, 0.2) is 0 Å². The Morgan fingerprint density at radius 1 is 0.250 bits per heavy atom. The molecule has 2 bridgehead atoms. The molecule has 0 unspecified atom stereocenters. The van der Waals surface area contributed by atoms with Gasteiger partial charge in [-0.2, -0.15) is 0 Å².